The summed E-state index contributed by atoms with van der Waals surface area (Å²) >= 11 is 0. The molecular weight excluding hydrogens is 388 g/mol. The van der Waals surface area contributed by atoms with Crippen LogP contribution < -0.4 is 4.74 Å². The van der Waals surface area contributed by atoms with E-state index in [4.69, 9.17) is 4.74 Å². The standard InChI is InChI=1S/C22H20N2O4S/c1-24(2)29(26,27)21-14-9-18(10-15-21)22(25)28-20-12-7-17(8-13-20)6-11-19-5-3-4-16-23-19/h3-16H,1-2H3. The lowest BCUT2D eigenvalue weighted by molar-refractivity contribution is 0.0734. The highest BCUT2D eigenvalue weighted by atomic mass is 32.2. The number of rotatable bonds is 6. The van der Waals surface area contributed by atoms with E-state index in [9.17, 15) is 13.2 Å². The minimum absolute atomic E-state index is 0.114. The summed E-state index contributed by atoms with van der Waals surface area (Å²) in [5, 5.41) is 0. The third kappa shape index (κ3) is 5.16. The monoisotopic (exact) mass is 408 g/mol. The van der Waals surface area contributed by atoms with E-state index in [-0.39, 0.29) is 10.5 Å². The fraction of sp³-hybridized carbons (Fsp3) is 0.0909. The molecule has 0 radical (unpaired) electrons. The van der Waals surface area contributed by atoms with Crippen LogP contribution in [0.15, 0.2) is 77.8 Å². The van der Waals surface area contributed by atoms with E-state index < -0.39 is 16.0 Å². The van der Waals surface area contributed by atoms with E-state index in [2.05, 4.69) is 4.98 Å². The van der Waals surface area contributed by atoms with Crippen LogP contribution in [0.5, 0.6) is 5.75 Å². The Morgan fingerprint density at radius 1 is 0.931 bits per heavy atom. The number of sulfonamides is 1. The zero-order chi connectivity index (χ0) is 20.9. The lowest BCUT2D eigenvalue weighted by atomic mass is 10.2. The van der Waals surface area contributed by atoms with Gasteiger partial charge in [0.25, 0.3) is 0 Å². The molecule has 0 saturated heterocycles. The Hall–Kier alpha value is -3.29. The molecule has 2 aromatic carbocycles. The maximum Gasteiger partial charge on any atom is 0.343 e. The number of hydrogen-bond acceptors (Lipinski definition) is 5. The molecule has 0 atom stereocenters. The summed E-state index contributed by atoms with van der Waals surface area (Å²) in [5.74, 6) is -0.162. The van der Waals surface area contributed by atoms with Crippen molar-refractivity contribution < 1.29 is 17.9 Å². The minimum Gasteiger partial charge on any atom is -0.423 e. The maximum absolute atomic E-state index is 12.3. The molecule has 1 heterocycles. The lowest BCUT2D eigenvalue weighted by Gasteiger charge is -2.11. The SMILES string of the molecule is CN(C)S(=O)(=O)c1ccc(C(=O)Oc2ccc(C=Cc3ccccn3)cc2)cc1. The second-order valence-corrected chi connectivity index (χ2v) is 8.51. The van der Waals surface area contributed by atoms with E-state index in [0.29, 0.717) is 5.75 Å². The molecule has 0 fully saturated rings. The Balaban J connectivity index is 1.66. The molecule has 29 heavy (non-hydrogen) atoms. The Morgan fingerprint density at radius 3 is 2.21 bits per heavy atom. The first-order chi connectivity index (χ1) is 13.9. The number of pyridine rings is 1. The number of carbonyl (C=O) groups is 1. The number of aromatic nitrogens is 1. The van der Waals surface area contributed by atoms with Gasteiger partial charge in [-0.05, 0) is 60.2 Å². The smallest absolute Gasteiger partial charge is 0.343 e. The van der Waals surface area contributed by atoms with Gasteiger partial charge >= 0.3 is 5.97 Å². The van der Waals surface area contributed by atoms with Gasteiger partial charge in [-0.2, -0.15) is 0 Å². The first-order valence-electron chi connectivity index (χ1n) is 8.80. The fourth-order valence-electron chi connectivity index (χ4n) is 2.44. The largest absolute Gasteiger partial charge is 0.423 e. The Morgan fingerprint density at radius 2 is 1.62 bits per heavy atom. The number of ether oxygens (including phenoxy) is 1. The molecule has 1 aromatic heterocycles. The van der Waals surface area contributed by atoms with Crippen LogP contribution in [-0.4, -0.2) is 37.8 Å². The van der Waals surface area contributed by atoms with Crippen molar-refractivity contribution in [1.82, 2.24) is 9.29 Å². The topological polar surface area (TPSA) is 76.6 Å². The maximum atomic E-state index is 12.3. The van der Waals surface area contributed by atoms with Crippen molar-refractivity contribution in [2.45, 2.75) is 4.90 Å². The normalized spacial score (nSPS) is 11.7. The van der Waals surface area contributed by atoms with Gasteiger partial charge in [-0.1, -0.05) is 24.3 Å². The molecule has 0 bridgehead atoms. The van der Waals surface area contributed by atoms with Crippen molar-refractivity contribution in [3.05, 3.63) is 89.7 Å². The number of nitrogens with zero attached hydrogens (tertiary/aromatic N) is 2. The Bertz CT molecular complexity index is 1110. The molecule has 6 nitrogen and oxygen atoms in total. The number of benzene rings is 2. The highest BCUT2D eigenvalue weighted by molar-refractivity contribution is 7.89. The van der Waals surface area contributed by atoms with Crippen LogP contribution in [0.2, 0.25) is 0 Å². The fourth-order valence-corrected chi connectivity index (χ4v) is 3.34. The lowest BCUT2D eigenvalue weighted by Crippen LogP contribution is -2.22. The molecule has 0 aliphatic heterocycles. The molecule has 0 spiro atoms. The summed E-state index contributed by atoms with van der Waals surface area (Å²) in [7, 11) is -0.636. The van der Waals surface area contributed by atoms with Gasteiger partial charge in [0.1, 0.15) is 5.75 Å². The third-order valence-electron chi connectivity index (χ3n) is 4.09. The molecule has 0 saturated carbocycles. The molecule has 3 aromatic rings. The third-order valence-corrected chi connectivity index (χ3v) is 5.92. The highest BCUT2D eigenvalue weighted by Crippen LogP contribution is 2.18. The van der Waals surface area contributed by atoms with Crippen LogP contribution in [0, 0.1) is 0 Å². The predicted octanol–water partition coefficient (Wildman–Crippen LogP) is 3.72. The van der Waals surface area contributed by atoms with Crippen molar-refractivity contribution >= 4 is 28.1 Å². The van der Waals surface area contributed by atoms with E-state index in [1.165, 1.54) is 38.4 Å². The first-order valence-corrected chi connectivity index (χ1v) is 10.2. The van der Waals surface area contributed by atoms with Crippen molar-refractivity contribution in [2.75, 3.05) is 14.1 Å². The zero-order valence-corrected chi connectivity index (χ0v) is 16.8. The summed E-state index contributed by atoms with van der Waals surface area (Å²) in [6.07, 6.45) is 5.53. The molecule has 0 N–H and O–H groups in total. The predicted molar refractivity (Wildman–Crippen MR) is 112 cm³/mol. The van der Waals surface area contributed by atoms with Gasteiger partial charge in [-0.3, -0.25) is 4.98 Å². The summed E-state index contributed by atoms with van der Waals surface area (Å²) in [5.41, 5.74) is 2.05. The van der Waals surface area contributed by atoms with Crippen molar-refractivity contribution in [3.63, 3.8) is 0 Å². The van der Waals surface area contributed by atoms with Gasteiger partial charge in [-0.25, -0.2) is 17.5 Å². The Kier molecular flexibility index (Phi) is 6.21. The summed E-state index contributed by atoms with van der Waals surface area (Å²) < 4.78 is 30.6. The van der Waals surface area contributed by atoms with Crippen LogP contribution in [0.25, 0.3) is 12.2 Å². The first kappa shape index (κ1) is 20.4. The van der Waals surface area contributed by atoms with Crippen LogP contribution >= 0.6 is 0 Å². The molecule has 0 aliphatic rings. The second-order valence-electron chi connectivity index (χ2n) is 6.36. The van der Waals surface area contributed by atoms with Gasteiger partial charge in [-0.15, -0.1) is 0 Å². The minimum atomic E-state index is -3.54. The average Bonchev–Trinajstić information content (AvgIpc) is 2.74. The van der Waals surface area contributed by atoms with Crippen molar-refractivity contribution in [1.29, 1.82) is 0 Å². The van der Waals surface area contributed by atoms with E-state index >= 15 is 0 Å². The average molecular weight is 408 g/mol. The van der Waals surface area contributed by atoms with E-state index in [1.54, 1.807) is 18.3 Å². The summed E-state index contributed by atoms with van der Waals surface area (Å²) in [6.45, 7) is 0. The molecule has 7 heteroatoms. The molecule has 148 valence electrons. The Labute approximate surface area is 170 Å². The van der Waals surface area contributed by atoms with Gasteiger partial charge < -0.3 is 4.74 Å². The van der Waals surface area contributed by atoms with E-state index in [0.717, 1.165) is 15.6 Å². The second kappa shape index (κ2) is 8.81. The zero-order valence-electron chi connectivity index (χ0n) is 16.0. The highest BCUT2D eigenvalue weighted by Gasteiger charge is 2.18. The molecule has 0 unspecified atom stereocenters. The van der Waals surface area contributed by atoms with Gasteiger partial charge in [0.15, 0.2) is 0 Å². The van der Waals surface area contributed by atoms with Crippen LogP contribution in [0.3, 0.4) is 0 Å². The number of esters is 1. The molecule has 0 aliphatic carbocycles. The van der Waals surface area contributed by atoms with Gasteiger partial charge in [0, 0.05) is 20.3 Å². The van der Waals surface area contributed by atoms with Crippen LogP contribution in [0.4, 0.5) is 0 Å². The molecular formula is C22H20N2O4S. The summed E-state index contributed by atoms with van der Waals surface area (Å²) in [4.78, 5) is 16.6. The quantitative estimate of drug-likeness (QED) is 0.459. The van der Waals surface area contributed by atoms with Gasteiger partial charge in [0.05, 0.1) is 16.2 Å². The molecule has 0 amide bonds. The number of hydrogen-bond donors (Lipinski definition) is 0. The summed E-state index contributed by atoms with van der Waals surface area (Å²) in [6, 6.07) is 18.4. The molecule has 3 rings (SSSR count). The van der Waals surface area contributed by atoms with Crippen molar-refractivity contribution in [3.8, 4) is 5.75 Å². The number of carbonyl (C=O) groups excluding carboxylic acids is 1. The van der Waals surface area contributed by atoms with E-state index in [1.807, 2.05) is 42.5 Å². The van der Waals surface area contributed by atoms with Gasteiger partial charge in [0.2, 0.25) is 10.0 Å². The van der Waals surface area contributed by atoms with Crippen LogP contribution in [0.1, 0.15) is 21.6 Å². The van der Waals surface area contributed by atoms with Crippen LogP contribution in [-0.2, 0) is 10.0 Å². The van der Waals surface area contributed by atoms with Crippen molar-refractivity contribution in [2.24, 2.45) is 0 Å².